The smallest absolute Gasteiger partial charge is 0.411 e. The summed E-state index contributed by atoms with van der Waals surface area (Å²) in [4.78, 5) is 64.3. The molecule has 0 aromatic carbocycles. The van der Waals surface area contributed by atoms with Gasteiger partial charge in [-0.3, -0.25) is 19.6 Å². The Morgan fingerprint density at radius 1 is 0.429 bits per heavy atom. The lowest BCUT2D eigenvalue weighted by molar-refractivity contribution is -0.146. The lowest BCUT2D eigenvalue weighted by atomic mass is 10.00. The normalized spacial score (nSPS) is 27.0. The predicted molar refractivity (Wildman–Crippen MR) is 436 cm³/mol. The third-order valence-corrected chi connectivity index (χ3v) is 22.0. The van der Waals surface area contributed by atoms with Gasteiger partial charge in [-0.2, -0.15) is 17.9 Å². The second-order valence-corrected chi connectivity index (χ2v) is 34.6. The molecule has 0 aliphatic carbocycles. The monoisotopic (exact) mass is 1920 g/mol. The zero-order chi connectivity index (χ0) is 73.1. The van der Waals surface area contributed by atoms with Gasteiger partial charge in [0.25, 0.3) is 0 Å². The molecule has 12 aliphatic rings. The number of pyridine rings is 5. The van der Waals surface area contributed by atoms with Crippen molar-refractivity contribution in [2.45, 2.75) is 125 Å². The first kappa shape index (κ1) is 81.8. The quantitative estimate of drug-likeness (QED) is 0.0970. The number of halogens is 5. The van der Waals surface area contributed by atoms with Gasteiger partial charge in [-0.1, -0.05) is 5.92 Å². The molecule has 12 saturated heterocycles. The van der Waals surface area contributed by atoms with E-state index in [0.29, 0.717) is 87.9 Å². The number of carbonyl (C=O) groups is 2. The molecule has 105 heavy (non-hydrogen) atoms. The third kappa shape index (κ3) is 22.5. The number of ether oxygens (including phenoxy) is 9. The maximum atomic E-state index is 12.5. The standard InChI is InChI=1S/C16H22IN3O3.C16H19N3O2.C14H18IN3O2.C11H14IN3O.C11H20N2O3.C5H3FIN.H2S/c1-16(2,3)23-15(21)20-12-7-19(8-13(20)10-22-9-12)14-5-4-11(17)6-18-14;1-2-12-3-4-16(17-5-12)18-6-13-8-20-9-14(7-18)19(13)15-10-21-11-15;15-10-1-2-14(16-3-10)17-4-11-6-19-7-12(5-17)18(11)13-8-20-9-13;12-8-1-2-11(13-3-8)15-4-9-6-16-7-10(5-15)14-9;1-11(2,3)16-10(14)13-8-4-12-5-9(13)7-15-6-8;6-5-2-1-4(7)3-8-5;/h4-6,12-13H,7-10H2,1-3H3;1,3-5,13-15H,6-11H2;1-3,11-13H,4-9H2;1-3,9-10,14H,4-7H2;8-9,12H,4-7H2,1-3H3;1-3H;1H2. The maximum absolute atomic E-state index is 12.5. The Hall–Kier alpha value is -4.19. The van der Waals surface area contributed by atoms with Crippen LogP contribution >= 0.6 is 104 Å². The lowest BCUT2D eigenvalue weighted by Gasteiger charge is -2.54. The van der Waals surface area contributed by atoms with Crippen molar-refractivity contribution in [2.75, 3.05) is 178 Å². The van der Waals surface area contributed by atoms with Crippen molar-refractivity contribution in [3.63, 3.8) is 0 Å². The lowest BCUT2D eigenvalue weighted by Crippen LogP contribution is -2.70. The summed E-state index contributed by atoms with van der Waals surface area (Å²) in [6, 6.07) is 23.6. The molecule has 0 spiro atoms. The van der Waals surface area contributed by atoms with Crippen molar-refractivity contribution in [3.05, 3.63) is 117 Å². The number of terminal acetylenes is 1. The Labute approximate surface area is 677 Å². The highest BCUT2D eigenvalue weighted by Gasteiger charge is 2.47. The minimum Gasteiger partial charge on any atom is -0.444 e. The van der Waals surface area contributed by atoms with Gasteiger partial charge in [0.1, 0.15) is 34.5 Å². The second kappa shape index (κ2) is 38.2. The topological polar surface area (TPSA) is 232 Å². The number of hydrogen-bond acceptors (Lipinski definition) is 24. The SMILES string of the molecule is C#Cc1ccc(N2CC3COCC(C2)N3C2COC2)nc1.CC(C)(C)OC(=O)N1C2CNCC1COC2.CC(C)(C)OC(=O)N1C2COCC1CN(c1ccc(I)cn1)C2.Fc1ccc(I)cn1.Ic1ccc(N2CC3COCC(C2)N3)nc1.Ic1ccc(N2CC3COCC(C2)N3C2COC2)nc1.S. The van der Waals surface area contributed by atoms with E-state index in [1.54, 1.807) is 12.3 Å². The van der Waals surface area contributed by atoms with Crippen LogP contribution < -0.4 is 30.2 Å². The van der Waals surface area contributed by atoms with Crippen LogP contribution in [0.15, 0.2) is 91.6 Å². The van der Waals surface area contributed by atoms with Crippen molar-refractivity contribution in [1.82, 2.24) is 55.2 Å². The molecule has 2 N–H and O–H groups in total. The van der Waals surface area contributed by atoms with Crippen LogP contribution in [0.3, 0.4) is 0 Å². The molecule has 10 bridgehead atoms. The van der Waals surface area contributed by atoms with E-state index in [1.165, 1.54) is 19.4 Å². The van der Waals surface area contributed by atoms with Crippen LogP contribution in [0.1, 0.15) is 47.1 Å². The Morgan fingerprint density at radius 3 is 1.05 bits per heavy atom. The van der Waals surface area contributed by atoms with Gasteiger partial charge in [0.05, 0.1) is 153 Å². The van der Waals surface area contributed by atoms with E-state index in [1.807, 2.05) is 88.1 Å². The highest BCUT2D eigenvalue weighted by Crippen LogP contribution is 2.33. The van der Waals surface area contributed by atoms with Crippen LogP contribution in [-0.2, 0) is 42.6 Å². The molecule has 12 aliphatic heterocycles. The molecule has 12 fully saturated rings. The predicted octanol–water partition coefficient (Wildman–Crippen LogP) is 7.23. The Balaban J connectivity index is 0.000000128. The number of nitrogens with zero attached hydrogens (tertiary/aromatic N) is 13. The van der Waals surface area contributed by atoms with Crippen LogP contribution in [0.2, 0.25) is 0 Å². The molecule has 10 atom stereocenters. The number of rotatable bonds is 6. The van der Waals surface area contributed by atoms with Gasteiger partial charge >= 0.3 is 12.2 Å². The van der Waals surface area contributed by atoms with E-state index in [4.69, 9.17) is 49.1 Å². The number of morpholine rings is 5. The minimum absolute atomic E-state index is 0. The molecule has 26 nitrogen and oxygen atoms in total. The van der Waals surface area contributed by atoms with Crippen molar-refractivity contribution in [1.29, 1.82) is 0 Å². The fourth-order valence-corrected chi connectivity index (χ4v) is 16.1. The molecular weight excluding hydrogens is 1820 g/mol. The fourth-order valence-electron chi connectivity index (χ4n) is 14.8. The van der Waals surface area contributed by atoms with E-state index in [0.717, 1.165) is 154 Å². The molecular formula is C73H98FI4N15O11S. The highest BCUT2D eigenvalue weighted by molar-refractivity contribution is 14.1. The van der Waals surface area contributed by atoms with Crippen molar-refractivity contribution in [2.24, 2.45) is 0 Å². The van der Waals surface area contributed by atoms with Gasteiger partial charge in [-0.05, 0) is 193 Å². The summed E-state index contributed by atoms with van der Waals surface area (Å²) in [5, 5.41) is 6.87. The second-order valence-electron chi connectivity index (χ2n) is 29.7. The van der Waals surface area contributed by atoms with Crippen LogP contribution in [-0.4, -0.2) is 298 Å². The zero-order valence-corrected chi connectivity index (χ0v) is 70.0. The maximum Gasteiger partial charge on any atom is 0.411 e. The molecule has 17 rings (SSSR count). The molecule has 17 heterocycles. The summed E-state index contributed by atoms with van der Waals surface area (Å²) in [7, 11) is 0. The summed E-state index contributed by atoms with van der Waals surface area (Å²) in [6.07, 6.45) is 13.9. The van der Waals surface area contributed by atoms with E-state index in [-0.39, 0.29) is 49.8 Å². The third-order valence-electron chi connectivity index (χ3n) is 19.4. The summed E-state index contributed by atoms with van der Waals surface area (Å²) in [5.41, 5.74) is -0.0921. The summed E-state index contributed by atoms with van der Waals surface area (Å²) in [6.45, 7) is 30.9. The van der Waals surface area contributed by atoms with Crippen LogP contribution in [0, 0.1) is 32.6 Å². The highest BCUT2D eigenvalue weighted by atomic mass is 127. The average Bonchev–Trinajstić information content (AvgIpc) is 0.772. The van der Waals surface area contributed by atoms with E-state index < -0.39 is 17.1 Å². The molecule has 10 unspecified atom stereocenters. The first-order valence-electron chi connectivity index (χ1n) is 35.7. The molecule has 2 amide bonds. The molecule has 0 saturated carbocycles. The first-order chi connectivity index (χ1) is 50.1. The van der Waals surface area contributed by atoms with Crippen LogP contribution in [0.25, 0.3) is 0 Å². The number of anilines is 4. The van der Waals surface area contributed by atoms with Gasteiger partial charge in [-0.25, -0.2) is 34.5 Å². The Bertz CT molecular complexity index is 3520. The van der Waals surface area contributed by atoms with Gasteiger partial charge in [0, 0.05) is 128 Å². The number of hydrogen-bond donors (Lipinski definition) is 2. The molecule has 32 heteroatoms. The van der Waals surface area contributed by atoms with Crippen molar-refractivity contribution in [3.8, 4) is 12.3 Å². The zero-order valence-electron chi connectivity index (χ0n) is 60.3. The molecule has 572 valence electrons. The van der Waals surface area contributed by atoms with Gasteiger partial charge < -0.3 is 72.9 Å². The van der Waals surface area contributed by atoms with E-state index in [2.05, 4.69) is 192 Å². The number of nitrogens with one attached hydrogen (secondary N) is 2. The molecule has 0 radical (unpaired) electrons. The van der Waals surface area contributed by atoms with Gasteiger partial charge in [-0.15, -0.1) is 6.42 Å². The van der Waals surface area contributed by atoms with Crippen LogP contribution in [0.4, 0.5) is 37.3 Å². The van der Waals surface area contributed by atoms with E-state index >= 15 is 0 Å². The number of amides is 2. The fraction of sp³-hybridized carbons (Fsp3) is 0.603. The minimum atomic E-state index is -0.485. The number of fused-ring (bicyclic) bond motifs is 10. The average molecular weight is 1920 g/mol. The van der Waals surface area contributed by atoms with Gasteiger partial charge in [0.2, 0.25) is 5.95 Å². The Morgan fingerprint density at radius 2 is 0.733 bits per heavy atom. The summed E-state index contributed by atoms with van der Waals surface area (Å²) >= 11 is 8.89. The summed E-state index contributed by atoms with van der Waals surface area (Å²) < 4.78 is 66.3. The number of carbonyl (C=O) groups excluding carboxylic acids is 2. The first-order valence-corrected chi connectivity index (χ1v) is 40.0. The summed E-state index contributed by atoms with van der Waals surface area (Å²) in [5.74, 6) is 6.32. The molecule has 5 aromatic heterocycles. The van der Waals surface area contributed by atoms with Crippen molar-refractivity contribution < 1.29 is 56.6 Å². The molecule has 5 aromatic rings. The van der Waals surface area contributed by atoms with Crippen molar-refractivity contribution >= 4 is 139 Å². The van der Waals surface area contributed by atoms with E-state index in [9.17, 15) is 14.0 Å². The Kier molecular flexibility index (Phi) is 29.7. The largest absolute Gasteiger partial charge is 0.444 e. The number of aromatic nitrogens is 5. The van der Waals surface area contributed by atoms with Gasteiger partial charge in [0.15, 0.2) is 0 Å². The number of piperazine rings is 5. The van der Waals surface area contributed by atoms with Crippen LogP contribution in [0.5, 0.6) is 0 Å².